The van der Waals surface area contributed by atoms with Gasteiger partial charge in [0.15, 0.2) is 5.82 Å². The summed E-state index contributed by atoms with van der Waals surface area (Å²) in [5.41, 5.74) is 1.94. The van der Waals surface area contributed by atoms with Gasteiger partial charge in [0, 0.05) is 25.7 Å². The first-order valence-electron chi connectivity index (χ1n) is 10.6. The van der Waals surface area contributed by atoms with Crippen LogP contribution < -0.4 is 0 Å². The molecule has 0 radical (unpaired) electrons. The molecule has 1 aliphatic heterocycles. The molecule has 2 heterocycles. The number of nitriles is 1. The Kier molecular flexibility index (Phi) is 5.80. The molecule has 2 unspecified atom stereocenters. The molecule has 2 atom stereocenters. The number of rotatable bonds is 4. The molecule has 1 fully saturated rings. The van der Waals surface area contributed by atoms with Gasteiger partial charge in [-0.2, -0.15) is 9.57 Å². The minimum absolute atomic E-state index is 0.0259. The van der Waals surface area contributed by atoms with Gasteiger partial charge in [-0.1, -0.05) is 26.0 Å². The summed E-state index contributed by atoms with van der Waals surface area (Å²) in [6.45, 7) is 5.14. The maximum absolute atomic E-state index is 13.1. The molecule has 32 heavy (non-hydrogen) atoms. The highest BCUT2D eigenvalue weighted by Crippen LogP contribution is 2.29. The number of aliphatic hydroxyl groups is 1. The number of benzene rings is 2. The molecule has 0 aliphatic carbocycles. The second-order valence-corrected chi connectivity index (χ2v) is 10.5. The van der Waals surface area contributed by atoms with Crippen molar-refractivity contribution in [3.63, 3.8) is 0 Å². The summed E-state index contributed by atoms with van der Waals surface area (Å²) in [6.07, 6.45) is 1.02. The third-order valence-electron chi connectivity index (χ3n) is 5.96. The van der Waals surface area contributed by atoms with Gasteiger partial charge in [0.05, 0.1) is 15.9 Å². The van der Waals surface area contributed by atoms with Gasteiger partial charge < -0.3 is 9.67 Å². The van der Waals surface area contributed by atoms with Gasteiger partial charge in [0.25, 0.3) is 0 Å². The van der Waals surface area contributed by atoms with Crippen LogP contribution in [0.15, 0.2) is 53.4 Å². The van der Waals surface area contributed by atoms with E-state index in [0.29, 0.717) is 36.3 Å². The van der Waals surface area contributed by atoms with Crippen LogP contribution in [-0.2, 0) is 17.1 Å². The van der Waals surface area contributed by atoms with E-state index in [0.717, 1.165) is 17.5 Å². The zero-order valence-corrected chi connectivity index (χ0v) is 19.2. The Morgan fingerprint density at radius 3 is 2.31 bits per heavy atom. The molecule has 3 aromatic rings. The number of sulfonamides is 1. The number of hydrogen-bond donors (Lipinski definition) is 1. The Morgan fingerprint density at radius 1 is 1.09 bits per heavy atom. The van der Waals surface area contributed by atoms with E-state index < -0.39 is 10.0 Å². The van der Waals surface area contributed by atoms with Gasteiger partial charge in [0.2, 0.25) is 10.0 Å². The van der Waals surface area contributed by atoms with Crippen molar-refractivity contribution in [2.75, 3.05) is 13.1 Å². The van der Waals surface area contributed by atoms with E-state index in [-0.39, 0.29) is 16.2 Å². The highest BCUT2D eigenvalue weighted by molar-refractivity contribution is 7.89. The molecular formula is C24H26N4O3S. The fraction of sp³-hybridized carbons (Fsp3) is 0.333. The molecule has 7 nitrogen and oxygen atoms in total. The first-order chi connectivity index (χ1) is 15.2. The van der Waals surface area contributed by atoms with Crippen LogP contribution in [-0.4, -0.2) is 40.5 Å². The number of hydrogen-bond acceptors (Lipinski definition) is 5. The summed E-state index contributed by atoms with van der Waals surface area (Å²) in [6, 6.07) is 15.5. The predicted molar refractivity (Wildman–Crippen MR) is 124 cm³/mol. The van der Waals surface area contributed by atoms with Crippen LogP contribution in [0.4, 0.5) is 0 Å². The minimum atomic E-state index is -3.62. The molecule has 166 valence electrons. The highest BCUT2D eigenvalue weighted by atomic mass is 32.2. The Hall–Kier alpha value is -3.15. The van der Waals surface area contributed by atoms with Gasteiger partial charge in [0.1, 0.15) is 17.4 Å². The second-order valence-electron chi connectivity index (χ2n) is 8.61. The smallest absolute Gasteiger partial charge is 0.243 e. The SMILES string of the molecule is CC1CC(C)CN(S(=O)(=O)c2ccc(C(O)=C(C#N)c3nc4ccccc4n3C)cc2)C1. The van der Waals surface area contributed by atoms with Crippen LogP contribution in [0, 0.1) is 23.2 Å². The van der Waals surface area contributed by atoms with Crippen molar-refractivity contribution in [3.8, 4) is 6.07 Å². The van der Waals surface area contributed by atoms with Crippen molar-refractivity contribution in [1.82, 2.24) is 13.9 Å². The summed E-state index contributed by atoms with van der Waals surface area (Å²) in [4.78, 5) is 4.66. The predicted octanol–water partition coefficient (Wildman–Crippen LogP) is 4.19. The summed E-state index contributed by atoms with van der Waals surface area (Å²) < 4.78 is 29.5. The van der Waals surface area contributed by atoms with Gasteiger partial charge in [-0.15, -0.1) is 0 Å². The van der Waals surface area contributed by atoms with E-state index >= 15 is 0 Å². The van der Waals surface area contributed by atoms with Crippen molar-refractivity contribution in [1.29, 1.82) is 5.26 Å². The number of nitrogens with zero attached hydrogens (tertiary/aromatic N) is 4. The largest absolute Gasteiger partial charge is 0.506 e. The van der Waals surface area contributed by atoms with Gasteiger partial charge in [-0.3, -0.25) is 0 Å². The van der Waals surface area contributed by atoms with Crippen LogP contribution in [0.2, 0.25) is 0 Å². The number of aliphatic hydroxyl groups excluding tert-OH is 1. The molecule has 1 N–H and O–H groups in total. The van der Waals surface area contributed by atoms with E-state index in [1.165, 1.54) is 28.6 Å². The van der Waals surface area contributed by atoms with E-state index in [2.05, 4.69) is 18.8 Å². The van der Waals surface area contributed by atoms with Crippen molar-refractivity contribution < 1.29 is 13.5 Å². The molecule has 2 aromatic carbocycles. The van der Waals surface area contributed by atoms with Crippen LogP contribution in [0.3, 0.4) is 0 Å². The Balaban J connectivity index is 1.69. The number of allylic oxidation sites excluding steroid dienone is 1. The molecule has 1 aliphatic rings. The van der Waals surface area contributed by atoms with Crippen molar-refractivity contribution in [2.24, 2.45) is 18.9 Å². The van der Waals surface area contributed by atoms with E-state index in [1.54, 1.807) is 11.6 Å². The summed E-state index contributed by atoms with van der Waals surface area (Å²) in [5.74, 6) is 0.729. The van der Waals surface area contributed by atoms with E-state index in [1.807, 2.05) is 30.3 Å². The van der Waals surface area contributed by atoms with Crippen LogP contribution in [0.1, 0.15) is 31.7 Å². The number of piperidine rings is 1. The lowest BCUT2D eigenvalue weighted by atomic mass is 9.94. The number of para-hydroxylation sites is 2. The fourth-order valence-electron chi connectivity index (χ4n) is 4.46. The topological polar surface area (TPSA) is 99.2 Å². The standard InChI is InChI=1S/C24H26N4O3S/c1-16-12-17(2)15-28(14-16)32(30,31)19-10-8-18(9-11-19)23(29)20(13-25)24-26-21-6-4-5-7-22(21)27(24)3/h4-11,16-17,29H,12,14-15H2,1-3H3. The number of imidazole rings is 1. The molecule has 0 amide bonds. The van der Waals surface area contributed by atoms with Crippen LogP contribution in [0.5, 0.6) is 0 Å². The zero-order valence-electron chi connectivity index (χ0n) is 18.4. The molecule has 0 saturated carbocycles. The van der Waals surface area contributed by atoms with Gasteiger partial charge in [-0.25, -0.2) is 13.4 Å². The normalized spacial score (nSPS) is 20.7. The lowest BCUT2D eigenvalue weighted by molar-refractivity contribution is 0.222. The molecule has 8 heteroatoms. The molecule has 4 rings (SSSR count). The first kappa shape index (κ1) is 22.1. The quantitative estimate of drug-likeness (QED) is 0.475. The van der Waals surface area contributed by atoms with Crippen molar-refractivity contribution >= 4 is 32.4 Å². The summed E-state index contributed by atoms with van der Waals surface area (Å²) in [7, 11) is -1.83. The van der Waals surface area contributed by atoms with E-state index in [9.17, 15) is 18.8 Å². The average Bonchev–Trinajstić information content (AvgIpc) is 3.10. The third-order valence-corrected chi connectivity index (χ3v) is 7.81. The fourth-order valence-corrected chi connectivity index (χ4v) is 6.14. The molecule has 1 saturated heterocycles. The lowest BCUT2D eigenvalue weighted by Gasteiger charge is -2.34. The first-order valence-corrected chi connectivity index (χ1v) is 12.0. The monoisotopic (exact) mass is 450 g/mol. The lowest BCUT2D eigenvalue weighted by Crippen LogP contribution is -2.42. The average molecular weight is 451 g/mol. The van der Waals surface area contributed by atoms with Gasteiger partial charge >= 0.3 is 0 Å². The Morgan fingerprint density at radius 2 is 1.72 bits per heavy atom. The van der Waals surface area contributed by atoms with E-state index in [4.69, 9.17) is 0 Å². The van der Waals surface area contributed by atoms with Crippen LogP contribution in [0.25, 0.3) is 22.4 Å². The summed E-state index contributed by atoms with van der Waals surface area (Å²) in [5, 5.41) is 20.6. The van der Waals surface area contributed by atoms with Gasteiger partial charge in [-0.05, 0) is 54.7 Å². The number of fused-ring (bicyclic) bond motifs is 1. The third kappa shape index (κ3) is 3.90. The van der Waals surface area contributed by atoms with Crippen molar-refractivity contribution in [3.05, 3.63) is 59.9 Å². The van der Waals surface area contributed by atoms with Crippen LogP contribution >= 0.6 is 0 Å². The zero-order chi connectivity index (χ0) is 23.0. The minimum Gasteiger partial charge on any atom is -0.506 e. The maximum atomic E-state index is 13.1. The Bertz CT molecular complexity index is 1320. The molecule has 0 spiro atoms. The molecular weight excluding hydrogens is 424 g/mol. The molecule has 0 bridgehead atoms. The highest BCUT2D eigenvalue weighted by Gasteiger charge is 2.31. The Labute approximate surface area is 188 Å². The molecule has 1 aromatic heterocycles. The number of aromatic nitrogens is 2. The number of aryl methyl sites for hydroxylation is 1. The summed E-state index contributed by atoms with van der Waals surface area (Å²) >= 11 is 0. The second kappa shape index (κ2) is 8.41. The maximum Gasteiger partial charge on any atom is 0.243 e. The van der Waals surface area contributed by atoms with Crippen molar-refractivity contribution in [2.45, 2.75) is 25.2 Å².